The molecule has 0 radical (unpaired) electrons. The smallest absolute Gasteiger partial charge is 0.122 e. The molecule has 0 saturated carbocycles. The monoisotopic (exact) mass is 333 g/mol. The Bertz CT molecular complexity index is 612. The largest absolute Gasteiger partial charge is 0.378 e. The van der Waals surface area contributed by atoms with Crippen LogP contribution in [-0.4, -0.2) is 37.6 Å². The lowest BCUT2D eigenvalue weighted by Gasteiger charge is -2.18. The van der Waals surface area contributed by atoms with Crippen molar-refractivity contribution in [3.63, 3.8) is 0 Å². The van der Waals surface area contributed by atoms with Crippen molar-refractivity contribution >= 4 is 17.0 Å². The zero-order valence-electron chi connectivity index (χ0n) is 14.7. The van der Waals surface area contributed by atoms with E-state index in [1.165, 1.54) is 11.3 Å². The number of hydrogen-bond acceptors (Lipinski definition) is 5. The van der Waals surface area contributed by atoms with Gasteiger partial charge in [0, 0.05) is 44.9 Å². The van der Waals surface area contributed by atoms with Crippen molar-refractivity contribution in [1.29, 1.82) is 0 Å². The van der Waals surface area contributed by atoms with Crippen LogP contribution in [0.5, 0.6) is 0 Å². The number of ether oxygens (including phenoxy) is 1. The zero-order chi connectivity index (χ0) is 16.8. The normalized spacial score (nSPS) is 12.6. The summed E-state index contributed by atoms with van der Waals surface area (Å²) in [5.74, 6) is 0. The molecule has 0 amide bonds. The molecule has 0 saturated heterocycles. The Balaban J connectivity index is 1.94. The molecular weight excluding hydrogens is 306 g/mol. The molecule has 0 aliphatic heterocycles. The van der Waals surface area contributed by atoms with E-state index in [-0.39, 0.29) is 6.10 Å². The van der Waals surface area contributed by atoms with Crippen molar-refractivity contribution in [2.75, 3.05) is 32.6 Å². The van der Waals surface area contributed by atoms with Gasteiger partial charge in [0.2, 0.25) is 0 Å². The van der Waals surface area contributed by atoms with Crippen molar-refractivity contribution < 1.29 is 4.74 Å². The van der Waals surface area contributed by atoms with Gasteiger partial charge in [-0.3, -0.25) is 4.90 Å². The third-order valence-electron chi connectivity index (χ3n) is 3.65. The second-order valence-electron chi connectivity index (χ2n) is 6.01. The van der Waals surface area contributed by atoms with E-state index in [1.54, 1.807) is 11.3 Å². The summed E-state index contributed by atoms with van der Waals surface area (Å²) in [6.07, 6.45) is 0.0841. The second-order valence-corrected chi connectivity index (χ2v) is 6.90. The maximum absolute atomic E-state index is 5.61. The van der Waals surface area contributed by atoms with E-state index in [4.69, 9.17) is 9.72 Å². The standard InChI is InChI=1S/C18H27N3OS/c1-6-22-14(2)18-19-16(13-23-18)12-21(5)11-15-8-7-9-17(10-15)20(3)4/h7-10,13-14H,6,11-12H2,1-5H3/t14-/m0/s1. The Hall–Kier alpha value is -1.43. The van der Waals surface area contributed by atoms with E-state index in [1.807, 2.05) is 6.92 Å². The molecule has 4 nitrogen and oxygen atoms in total. The van der Waals surface area contributed by atoms with Gasteiger partial charge in [0.15, 0.2) is 0 Å². The molecular formula is C18H27N3OS. The SMILES string of the molecule is CCO[C@@H](C)c1nc(CN(C)Cc2cccc(N(C)C)c2)cs1. The van der Waals surface area contributed by atoms with Crippen LogP contribution < -0.4 is 4.90 Å². The van der Waals surface area contributed by atoms with Crippen LogP contribution in [0, 0.1) is 0 Å². The van der Waals surface area contributed by atoms with Gasteiger partial charge in [0.25, 0.3) is 0 Å². The van der Waals surface area contributed by atoms with Gasteiger partial charge in [-0.15, -0.1) is 11.3 Å². The highest BCUT2D eigenvalue weighted by Gasteiger charge is 2.11. The van der Waals surface area contributed by atoms with Gasteiger partial charge < -0.3 is 9.64 Å². The Kier molecular flexibility index (Phi) is 6.57. The van der Waals surface area contributed by atoms with Gasteiger partial charge in [-0.2, -0.15) is 0 Å². The average molecular weight is 334 g/mol. The highest BCUT2D eigenvalue weighted by molar-refractivity contribution is 7.09. The number of nitrogens with zero attached hydrogens (tertiary/aromatic N) is 3. The van der Waals surface area contributed by atoms with Gasteiger partial charge in [0.1, 0.15) is 11.1 Å². The molecule has 0 fully saturated rings. The molecule has 0 bridgehead atoms. The van der Waals surface area contributed by atoms with Gasteiger partial charge in [-0.25, -0.2) is 4.98 Å². The number of aromatic nitrogens is 1. The summed E-state index contributed by atoms with van der Waals surface area (Å²) in [6, 6.07) is 8.65. The third kappa shape index (κ3) is 5.30. The summed E-state index contributed by atoms with van der Waals surface area (Å²) in [6.45, 7) is 6.55. The molecule has 0 N–H and O–H groups in total. The minimum absolute atomic E-state index is 0.0841. The van der Waals surface area contributed by atoms with Crippen LogP contribution >= 0.6 is 11.3 Å². The molecule has 0 spiro atoms. The average Bonchev–Trinajstić information content (AvgIpc) is 2.96. The number of rotatable bonds is 8. The maximum atomic E-state index is 5.61. The van der Waals surface area contributed by atoms with Crippen molar-refractivity contribution in [1.82, 2.24) is 9.88 Å². The van der Waals surface area contributed by atoms with Crippen molar-refractivity contribution in [2.45, 2.75) is 33.0 Å². The minimum atomic E-state index is 0.0841. The minimum Gasteiger partial charge on any atom is -0.378 e. The summed E-state index contributed by atoms with van der Waals surface area (Å²) in [7, 11) is 6.27. The molecule has 1 atom stereocenters. The fourth-order valence-corrected chi connectivity index (χ4v) is 3.29. The topological polar surface area (TPSA) is 28.6 Å². The highest BCUT2D eigenvalue weighted by atomic mass is 32.1. The van der Waals surface area contributed by atoms with E-state index in [0.29, 0.717) is 0 Å². The fraction of sp³-hybridized carbons (Fsp3) is 0.500. The summed E-state index contributed by atoms with van der Waals surface area (Å²) in [5, 5.41) is 3.20. The summed E-state index contributed by atoms with van der Waals surface area (Å²) in [4.78, 5) is 9.12. The Morgan fingerprint density at radius 3 is 2.70 bits per heavy atom. The van der Waals surface area contributed by atoms with Crippen LogP contribution in [0.2, 0.25) is 0 Å². The summed E-state index contributed by atoms with van der Waals surface area (Å²) < 4.78 is 5.61. The Morgan fingerprint density at radius 1 is 1.22 bits per heavy atom. The first-order chi connectivity index (χ1) is 11.0. The lowest BCUT2D eigenvalue weighted by molar-refractivity contribution is 0.0760. The number of thiazole rings is 1. The molecule has 5 heteroatoms. The third-order valence-corrected chi connectivity index (χ3v) is 4.70. The predicted molar refractivity (Wildman–Crippen MR) is 98.1 cm³/mol. The Morgan fingerprint density at radius 2 is 2.00 bits per heavy atom. The van der Waals surface area contributed by atoms with Crippen LogP contribution in [-0.2, 0) is 17.8 Å². The highest BCUT2D eigenvalue weighted by Crippen LogP contribution is 2.22. The van der Waals surface area contributed by atoms with Crippen LogP contribution in [0.25, 0.3) is 0 Å². The number of benzene rings is 1. The first-order valence-electron chi connectivity index (χ1n) is 8.00. The van der Waals surface area contributed by atoms with Gasteiger partial charge in [-0.1, -0.05) is 12.1 Å². The molecule has 23 heavy (non-hydrogen) atoms. The van der Waals surface area contributed by atoms with Crippen LogP contribution in [0.15, 0.2) is 29.6 Å². The lowest BCUT2D eigenvalue weighted by atomic mass is 10.2. The lowest BCUT2D eigenvalue weighted by Crippen LogP contribution is -2.18. The molecule has 2 aromatic rings. The van der Waals surface area contributed by atoms with E-state index in [2.05, 4.69) is 67.5 Å². The van der Waals surface area contributed by atoms with Crippen LogP contribution in [0.1, 0.15) is 36.2 Å². The quantitative estimate of drug-likeness (QED) is 0.731. The van der Waals surface area contributed by atoms with Crippen LogP contribution in [0.3, 0.4) is 0 Å². The molecule has 1 heterocycles. The zero-order valence-corrected chi connectivity index (χ0v) is 15.6. The number of anilines is 1. The molecule has 2 rings (SSSR count). The van der Waals surface area contributed by atoms with Gasteiger partial charge >= 0.3 is 0 Å². The number of hydrogen-bond donors (Lipinski definition) is 0. The first-order valence-corrected chi connectivity index (χ1v) is 8.88. The second kappa shape index (κ2) is 8.43. The summed E-state index contributed by atoms with van der Waals surface area (Å²) in [5.41, 5.74) is 3.66. The first kappa shape index (κ1) is 17.9. The van der Waals surface area contributed by atoms with Crippen LogP contribution in [0.4, 0.5) is 5.69 Å². The molecule has 0 aliphatic carbocycles. The van der Waals surface area contributed by atoms with Crippen molar-refractivity contribution in [3.8, 4) is 0 Å². The van der Waals surface area contributed by atoms with Crippen molar-refractivity contribution in [3.05, 3.63) is 45.9 Å². The molecule has 126 valence electrons. The van der Waals surface area contributed by atoms with E-state index in [9.17, 15) is 0 Å². The molecule has 0 aliphatic rings. The molecule has 0 unspecified atom stereocenters. The van der Waals surface area contributed by atoms with Gasteiger partial charge in [0.05, 0.1) is 5.69 Å². The molecule has 1 aromatic carbocycles. The summed E-state index contributed by atoms with van der Waals surface area (Å²) >= 11 is 1.68. The van der Waals surface area contributed by atoms with E-state index in [0.717, 1.165) is 30.4 Å². The maximum Gasteiger partial charge on any atom is 0.122 e. The van der Waals surface area contributed by atoms with Gasteiger partial charge in [-0.05, 0) is 38.6 Å². The predicted octanol–water partition coefficient (Wildman–Crippen LogP) is 3.94. The van der Waals surface area contributed by atoms with E-state index < -0.39 is 0 Å². The fourth-order valence-electron chi connectivity index (χ4n) is 2.48. The van der Waals surface area contributed by atoms with Crippen molar-refractivity contribution in [2.24, 2.45) is 0 Å². The molecule has 1 aromatic heterocycles. The Labute approximate surface area is 143 Å². The van der Waals surface area contributed by atoms with E-state index >= 15 is 0 Å².